The fraction of sp³-hybridized carbons (Fsp3) is 0.529. The van der Waals surface area contributed by atoms with Gasteiger partial charge in [0.1, 0.15) is 26.9 Å². The topological polar surface area (TPSA) is 133 Å². The highest BCUT2D eigenvalue weighted by Gasteiger charge is 2.46. The van der Waals surface area contributed by atoms with Gasteiger partial charge in [0.2, 0.25) is 11.6 Å². The van der Waals surface area contributed by atoms with Gasteiger partial charge < -0.3 is 14.3 Å². The third kappa shape index (κ3) is 5.03. The van der Waals surface area contributed by atoms with Crippen molar-refractivity contribution >= 4 is 26.9 Å². The molecule has 0 aliphatic heterocycles. The van der Waals surface area contributed by atoms with Crippen molar-refractivity contribution in [2.45, 2.75) is 38.5 Å². The zero-order chi connectivity index (χ0) is 19.8. The largest absolute Gasteiger partial charge is 0.460 e. The summed E-state index contributed by atoms with van der Waals surface area (Å²) in [7, 11) is -3.39. The number of aliphatic hydroxyl groups is 1. The summed E-state index contributed by atoms with van der Waals surface area (Å²) in [5.74, 6) is -2.82. The van der Waals surface area contributed by atoms with E-state index in [-0.39, 0.29) is 18.1 Å². The SMILES string of the molecule is CC(C)(C)OC(=O)C(CCS(C)(=O)=O)[C@](N)(O)c1nc2ccccc2o1. The molecule has 0 saturated carbocycles. The Hall–Kier alpha value is -1.97. The second-order valence-corrected chi connectivity index (χ2v) is 9.58. The Morgan fingerprint density at radius 2 is 1.96 bits per heavy atom. The molecule has 1 aromatic heterocycles. The fourth-order valence-electron chi connectivity index (χ4n) is 2.41. The Morgan fingerprint density at radius 1 is 1.35 bits per heavy atom. The number of fused-ring (bicyclic) bond motifs is 1. The van der Waals surface area contributed by atoms with Crippen LogP contribution in [0.4, 0.5) is 0 Å². The van der Waals surface area contributed by atoms with Gasteiger partial charge in [-0.15, -0.1) is 0 Å². The van der Waals surface area contributed by atoms with Crippen LogP contribution in [-0.4, -0.2) is 42.1 Å². The Bertz CT molecular complexity index is 862. The lowest BCUT2D eigenvalue weighted by Crippen LogP contribution is -2.50. The average molecular weight is 384 g/mol. The van der Waals surface area contributed by atoms with Crippen molar-refractivity contribution in [2.75, 3.05) is 12.0 Å². The van der Waals surface area contributed by atoms with Gasteiger partial charge in [-0.3, -0.25) is 10.5 Å². The number of benzene rings is 1. The molecule has 8 nitrogen and oxygen atoms in total. The van der Waals surface area contributed by atoms with Crippen LogP contribution < -0.4 is 5.73 Å². The molecule has 0 bridgehead atoms. The summed E-state index contributed by atoms with van der Waals surface area (Å²) in [6.45, 7) is 4.98. The highest BCUT2D eigenvalue weighted by atomic mass is 32.2. The number of sulfone groups is 1. The molecule has 0 aliphatic rings. The summed E-state index contributed by atoms with van der Waals surface area (Å²) in [5, 5.41) is 10.8. The van der Waals surface area contributed by atoms with E-state index in [2.05, 4.69) is 4.98 Å². The predicted molar refractivity (Wildman–Crippen MR) is 95.8 cm³/mol. The molecule has 0 radical (unpaired) electrons. The van der Waals surface area contributed by atoms with Crippen molar-refractivity contribution in [3.63, 3.8) is 0 Å². The van der Waals surface area contributed by atoms with E-state index in [9.17, 15) is 18.3 Å². The van der Waals surface area contributed by atoms with Crippen molar-refractivity contribution in [3.05, 3.63) is 30.2 Å². The molecule has 0 aliphatic carbocycles. The molecule has 0 fully saturated rings. The molecule has 3 N–H and O–H groups in total. The molecule has 2 rings (SSSR count). The number of carbonyl (C=O) groups excluding carboxylic acids is 1. The molecular weight excluding hydrogens is 360 g/mol. The van der Waals surface area contributed by atoms with Gasteiger partial charge in [0.05, 0.1) is 5.75 Å². The first kappa shape index (κ1) is 20.3. The Morgan fingerprint density at radius 3 is 2.50 bits per heavy atom. The van der Waals surface area contributed by atoms with E-state index in [0.717, 1.165) is 6.26 Å². The maximum absolute atomic E-state index is 12.6. The van der Waals surface area contributed by atoms with Crippen LogP contribution in [-0.2, 0) is 25.1 Å². The van der Waals surface area contributed by atoms with Gasteiger partial charge in [0, 0.05) is 6.26 Å². The minimum absolute atomic E-state index is 0.237. The van der Waals surface area contributed by atoms with Gasteiger partial charge in [-0.25, -0.2) is 13.4 Å². The molecule has 144 valence electrons. The molecule has 1 aromatic carbocycles. The maximum Gasteiger partial charge on any atom is 0.314 e. The van der Waals surface area contributed by atoms with E-state index >= 15 is 0 Å². The molecule has 26 heavy (non-hydrogen) atoms. The number of ether oxygens (including phenoxy) is 1. The normalized spacial score (nSPS) is 16.2. The summed E-state index contributed by atoms with van der Waals surface area (Å²) in [4.78, 5) is 16.7. The second kappa shape index (κ2) is 6.98. The number of aromatic nitrogens is 1. The number of para-hydroxylation sites is 2. The number of rotatable bonds is 6. The van der Waals surface area contributed by atoms with Crippen molar-refractivity contribution in [2.24, 2.45) is 11.7 Å². The molecule has 0 saturated heterocycles. The molecule has 2 atom stereocenters. The first-order valence-corrected chi connectivity index (χ1v) is 10.1. The van der Waals surface area contributed by atoms with E-state index < -0.39 is 33.1 Å². The Kier molecular flexibility index (Phi) is 5.46. The van der Waals surface area contributed by atoms with Crippen molar-refractivity contribution < 1.29 is 27.5 Å². The lowest BCUT2D eigenvalue weighted by atomic mass is 9.93. The summed E-state index contributed by atoms with van der Waals surface area (Å²) >= 11 is 0. The molecule has 0 amide bonds. The van der Waals surface area contributed by atoms with Gasteiger partial charge in [0.25, 0.3) is 0 Å². The average Bonchev–Trinajstić information content (AvgIpc) is 2.88. The molecule has 2 aromatic rings. The number of hydrogen-bond donors (Lipinski definition) is 2. The number of esters is 1. The third-order valence-electron chi connectivity index (χ3n) is 3.64. The number of nitrogens with two attached hydrogens (primary N) is 1. The third-order valence-corrected chi connectivity index (χ3v) is 4.61. The van der Waals surface area contributed by atoms with Crippen LogP contribution in [0, 0.1) is 5.92 Å². The molecular formula is C17H24N2O6S. The van der Waals surface area contributed by atoms with Gasteiger partial charge in [-0.2, -0.15) is 0 Å². The molecule has 0 spiro atoms. The summed E-state index contributed by atoms with van der Waals surface area (Å²) in [6.07, 6.45) is 0.799. The Balaban J connectivity index is 2.41. The van der Waals surface area contributed by atoms with Crippen LogP contribution >= 0.6 is 0 Å². The van der Waals surface area contributed by atoms with Gasteiger partial charge in [-0.05, 0) is 39.3 Å². The summed E-state index contributed by atoms with van der Waals surface area (Å²) in [5.41, 5.74) is 3.68. The van der Waals surface area contributed by atoms with Gasteiger partial charge >= 0.3 is 5.97 Å². The number of hydrogen-bond acceptors (Lipinski definition) is 8. The van der Waals surface area contributed by atoms with Crippen LogP contribution in [0.2, 0.25) is 0 Å². The zero-order valence-electron chi connectivity index (χ0n) is 15.2. The minimum atomic E-state index is -3.39. The fourth-order valence-corrected chi connectivity index (χ4v) is 3.08. The lowest BCUT2D eigenvalue weighted by molar-refractivity contribution is -0.172. The minimum Gasteiger partial charge on any atom is -0.460 e. The summed E-state index contributed by atoms with van der Waals surface area (Å²) < 4.78 is 33.9. The monoisotopic (exact) mass is 384 g/mol. The van der Waals surface area contributed by atoms with Crippen LogP contribution in [0.3, 0.4) is 0 Å². The number of nitrogens with zero attached hydrogens (tertiary/aromatic N) is 1. The van der Waals surface area contributed by atoms with E-state index in [1.165, 1.54) is 0 Å². The Labute approximate surface area is 152 Å². The second-order valence-electron chi connectivity index (χ2n) is 7.32. The first-order valence-electron chi connectivity index (χ1n) is 8.07. The van der Waals surface area contributed by atoms with Crippen molar-refractivity contribution in [1.29, 1.82) is 0 Å². The highest BCUT2D eigenvalue weighted by Crippen LogP contribution is 2.31. The van der Waals surface area contributed by atoms with Crippen molar-refractivity contribution in [1.82, 2.24) is 4.98 Å². The van der Waals surface area contributed by atoms with E-state index in [4.69, 9.17) is 14.9 Å². The standard InChI is InChI=1S/C17H24N2O6S/c1-16(2,3)25-14(20)11(9-10-26(4,22)23)17(18,21)15-19-12-7-5-6-8-13(12)24-15/h5-8,11,21H,9-10,18H2,1-4H3/t11?,17-/m0/s1. The lowest BCUT2D eigenvalue weighted by Gasteiger charge is -2.31. The molecule has 1 heterocycles. The number of oxazole rings is 1. The first-order chi connectivity index (χ1) is 11.8. The maximum atomic E-state index is 12.6. The number of carbonyl (C=O) groups is 1. The highest BCUT2D eigenvalue weighted by molar-refractivity contribution is 7.90. The molecule has 9 heteroatoms. The van der Waals surface area contributed by atoms with Crippen LogP contribution in [0.5, 0.6) is 0 Å². The van der Waals surface area contributed by atoms with Crippen molar-refractivity contribution in [3.8, 4) is 0 Å². The smallest absolute Gasteiger partial charge is 0.314 e. The summed E-state index contributed by atoms with van der Waals surface area (Å²) in [6, 6.07) is 6.76. The zero-order valence-corrected chi connectivity index (χ0v) is 16.0. The molecule has 1 unspecified atom stereocenters. The van der Waals surface area contributed by atoms with E-state index in [0.29, 0.717) is 11.1 Å². The van der Waals surface area contributed by atoms with E-state index in [1.54, 1.807) is 45.0 Å². The van der Waals surface area contributed by atoms with Crippen LogP contribution in [0.1, 0.15) is 33.1 Å². The van der Waals surface area contributed by atoms with Gasteiger partial charge in [-0.1, -0.05) is 12.1 Å². The van der Waals surface area contributed by atoms with Crippen LogP contribution in [0.15, 0.2) is 28.7 Å². The van der Waals surface area contributed by atoms with E-state index in [1.807, 2.05) is 0 Å². The van der Waals surface area contributed by atoms with Gasteiger partial charge in [0.15, 0.2) is 5.58 Å². The van der Waals surface area contributed by atoms with Crippen LogP contribution in [0.25, 0.3) is 11.1 Å². The quantitative estimate of drug-likeness (QED) is 0.563. The predicted octanol–water partition coefficient (Wildman–Crippen LogP) is 1.32.